The summed E-state index contributed by atoms with van der Waals surface area (Å²) in [5.74, 6) is -2.06. The molecule has 2 amide bonds. The van der Waals surface area contributed by atoms with Crippen molar-refractivity contribution in [1.82, 2.24) is 15.1 Å². The van der Waals surface area contributed by atoms with Crippen LogP contribution in [0.25, 0.3) is 0 Å². The molecule has 2 N–H and O–H groups in total. The molecule has 3 heterocycles. The molecule has 1 aromatic rings. The number of urea groups is 1. The quantitative estimate of drug-likeness (QED) is 0.314. The van der Waals surface area contributed by atoms with Crippen molar-refractivity contribution in [1.29, 1.82) is 0 Å². The van der Waals surface area contributed by atoms with Gasteiger partial charge in [-0.3, -0.25) is 14.7 Å². The number of rotatable bonds is 9. The number of sulfone groups is 1. The van der Waals surface area contributed by atoms with Crippen LogP contribution in [0.4, 0.5) is 10.5 Å². The molecule has 0 radical (unpaired) electrons. The minimum absolute atomic E-state index is 0.263. The second-order valence-electron chi connectivity index (χ2n) is 11.3. The molecule has 0 aromatic heterocycles. The molecule has 236 valence electrons. The second-order valence-corrected chi connectivity index (χ2v) is 13.6. The Hall–Kier alpha value is -3.29. The van der Waals surface area contributed by atoms with Gasteiger partial charge in [-0.1, -0.05) is 12.1 Å². The van der Waals surface area contributed by atoms with E-state index in [1.165, 1.54) is 14.2 Å². The van der Waals surface area contributed by atoms with E-state index < -0.39 is 33.6 Å². The number of methoxy groups -OCH3 is 2. The second kappa shape index (κ2) is 14.5. The minimum Gasteiger partial charge on any atom is -0.468 e. The van der Waals surface area contributed by atoms with E-state index in [1.54, 1.807) is 38.1 Å². The summed E-state index contributed by atoms with van der Waals surface area (Å²) in [6.45, 7) is 8.02. The number of benzene rings is 1. The summed E-state index contributed by atoms with van der Waals surface area (Å²) in [5.41, 5.74) is 2.45. The molecule has 0 spiro atoms. The topological polar surface area (TPSA) is 147 Å². The monoisotopic (exact) mass is 617 g/mol. The zero-order chi connectivity index (χ0) is 31.1. The zero-order valence-corrected chi connectivity index (χ0v) is 26.2. The number of esters is 2. The van der Waals surface area contributed by atoms with Gasteiger partial charge in [-0.05, 0) is 70.4 Å². The van der Waals surface area contributed by atoms with Crippen molar-refractivity contribution in [2.75, 3.05) is 70.3 Å². The van der Waals surface area contributed by atoms with Gasteiger partial charge in [0.2, 0.25) is 0 Å². The fourth-order valence-electron chi connectivity index (χ4n) is 6.29. The van der Waals surface area contributed by atoms with Crippen molar-refractivity contribution in [3.63, 3.8) is 0 Å². The molecule has 2 saturated heterocycles. The van der Waals surface area contributed by atoms with Crippen LogP contribution in [0.5, 0.6) is 0 Å². The van der Waals surface area contributed by atoms with Gasteiger partial charge in [-0.2, -0.15) is 0 Å². The Kier molecular flexibility index (Phi) is 11.0. The normalized spacial score (nSPS) is 23.3. The molecular weight excluding hydrogens is 574 g/mol. The lowest BCUT2D eigenvalue weighted by atomic mass is 9.75. The molecule has 0 bridgehead atoms. The van der Waals surface area contributed by atoms with Crippen molar-refractivity contribution in [2.24, 2.45) is 10.9 Å². The highest BCUT2D eigenvalue weighted by Gasteiger charge is 2.42. The first-order valence-electron chi connectivity index (χ1n) is 14.8. The average molecular weight is 618 g/mol. The molecule has 1 aromatic carbocycles. The first kappa shape index (κ1) is 32.6. The Morgan fingerprint density at radius 3 is 2.37 bits per heavy atom. The molecule has 0 saturated carbocycles. The number of piperidine rings is 1. The number of nitrogens with one attached hydrogen (secondary N) is 2. The number of likely N-dealkylation sites (tertiary alicyclic amines) is 1. The van der Waals surface area contributed by atoms with E-state index in [2.05, 4.69) is 25.4 Å². The van der Waals surface area contributed by atoms with Gasteiger partial charge in [0.1, 0.15) is 5.92 Å². The molecule has 12 nitrogen and oxygen atoms in total. The van der Waals surface area contributed by atoms with Gasteiger partial charge in [-0.25, -0.2) is 18.0 Å². The van der Waals surface area contributed by atoms with Crippen molar-refractivity contribution >= 4 is 39.2 Å². The highest BCUT2D eigenvalue weighted by Crippen LogP contribution is 2.40. The number of nitrogens with zero attached hydrogens (tertiary/aromatic N) is 3. The average Bonchev–Trinajstić information content (AvgIpc) is 2.98. The van der Waals surface area contributed by atoms with Gasteiger partial charge in [0.15, 0.2) is 9.84 Å². The van der Waals surface area contributed by atoms with Crippen molar-refractivity contribution < 1.29 is 32.3 Å². The smallest absolute Gasteiger partial charge is 0.336 e. The molecule has 2 fully saturated rings. The van der Waals surface area contributed by atoms with Gasteiger partial charge in [-0.15, -0.1) is 0 Å². The number of hydrogen-bond donors (Lipinski definition) is 2. The van der Waals surface area contributed by atoms with Crippen LogP contribution in [0.1, 0.15) is 44.6 Å². The summed E-state index contributed by atoms with van der Waals surface area (Å²) in [6, 6.07) is 7.16. The number of aliphatic imine (C=N–C) groups is 1. The maximum Gasteiger partial charge on any atom is 0.336 e. The molecule has 2 atom stereocenters. The summed E-state index contributed by atoms with van der Waals surface area (Å²) in [4.78, 5) is 47.4. The fourth-order valence-corrected chi connectivity index (χ4v) is 7.52. The van der Waals surface area contributed by atoms with Crippen LogP contribution < -0.4 is 10.6 Å². The number of ether oxygens (including phenoxy) is 2. The minimum atomic E-state index is -2.86. The third-order valence-corrected chi connectivity index (χ3v) is 10.2. The molecule has 2 unspecified atom stereocenters. The Balaban J connectivity index is 1.28. The Morgan fingerprint density at radius 2 is 1.72 bits per heavy atom. The summed E-state index contributed by atoms with van der Waals surface area (Å²) >= 11 is 0. The van der Waals surface area contributed by atoms with Gasteiger partial charge >= 0.3 is 18.0 Å². The van der Waals surface area contributed by atoms with E-state index in [9.17, 15) is 22.8 Å². The van der Waals surface area contributed by atoms with Gasteiger partial charge in [0, 0.05) is 48.7 Å². The van der Waals surface area contributed by atoms with Gasteiger partial charge in [0.05, 0.1) is 31.3 Å². The third-order valence-electron chi connectivity index (χ3n) is 8.58. The standard InChI is InChI=1S/C30H43N5O7S/c1-20-25(28(36)41-3)27(26(21(2)32-20)29(37)42-4)22-7-5-8-23(19-22)33-30(38)31-11-6-12-34-13-9-24(10-14-34)35-15-17-43(39,40)18-16-35/h5,7-8,19,24-25,27H,6,9-18H2,1-4H3,(H2,31,33,38). The Bertz CT molecular complexity index is 1350. The molecule has 3 aliphatic rings. The van der Waals surface area contributed by atoms with E-state index in [1.807, 2.05) is 0 Å². The SMILES string of the molecule is COC(=O)C1=C(C)N=C(C)C(C(=O)OC)C1c1cccc(NC(=O)NCCCN2CCC(N3CCS(=O)(=O)CC3)CC2)c1. The van der Waals surface area contributed by atoms with Crippen LogP contribution in [0.3, 0.4) is 0 Å². The first-order valence-corrected chi connectivity index (χ1v) is 16.6. The van der Waals surface area contributed by atoms with Crippen molar-refractivity contribution in [3.8, 4) is 0 Å². The fraction of sp³-hybridized carbons (Fsp3) is 0.600. The van der Waals surface area contributed by atoms with Crippen LogP contribution in [0.2, 0.25) is 0 Å². The number of carbonyl (C=O) groups is 3. The number of carbonyl (C=O) groups excluding carboxylic acids is 3. The Morgan fingerprint density at radius 1 is 1.02 bits per heavy atom. The van der Waals surface area contributed by atoms with Crippen molar-refractivity contribution in [3.05, 3.63) is 41.1 Å². The van der Waals surface area contributed by atoms with Crippen LogP contribution in [-0.4, -0.2) is 113 Å². The van der Waals surface area contributed by atoms with E-state index >= 15 is 0 Å². The maximum atomic E-state index is 12.8. The lowest BCUT2D eigenvalue weighted by Crippen LogP contribution is -2.50. The number of amides is 2. The van der Waals surface area contributed by atoms with E-state index in [0.717, 1.165) is 38.9 Å². The van der Waals surface area contributed by atoms with Crippen LogP contribution in [0.15, 0.2) is 40.5 Å². The summed E-state index contributed by atoms with van der Waals surface area (Å²) in [5, 5.41) is 5.76. The molecular formula is C30H43N5O7S. The number of hydrogen-bond acceptors (Lipinski definition) is 10. The molecule has 3 aliphatic heterocycles. The maximum absolute atomic E-state index is 12.8. The van der Waals surface area contributed by atoms with Crippen LogP contribution >= 0.6 is 0 Å². The highest BCUT2D eigenvalue weighted by atomic mass is 32.2. The van der Waals surface area contributed by atoms with E-state index in [-0.39, 0.29) is 23.1 Å². The molecule has 13 heteroatoms. The summed E-state index contributed by atoms with van der Waals surface area (Å²) in [7, 11) is -0.280. The van der Waals surface area contributed by atoms with E-state index in [4.69, 9.17) is 9.47 Å². The summed E-state index contributed by atoms with van der Waals surface area (Å²) in [6.07, 6.45) is 2.86. The molecule has 0 aliphatic carbocycles. The predicted molar refractivity (Wildman–Crippen MR) is 164 cm³/mol. The molecule has 4 rings (SSSR count). The van der Waals surface area contributed by atoms with Gasteiger partial charge in [0.25, 0.3) is 0 Å². The van der Waals surface area contributed by atoms with Crippen molar-refractivity contribution in [2.45, 2.75) is 45.1 Å². The Labute approximate surface area is 253 Å². The first-order chi connectivity index (χ1) is 20.5. The number of anilines is 1. The molecule has 43 heavy (non-hydrogen) atoms. The predicted octanol–water partition coefficient (Wildman–Crippen LogP) is 2.19. The summed E-state index contributed by atoms with van der Waals surface area (Å²) < 4.78 is 33.5. The largest absolute Gasteiger partial charge is 0.468 e. The van der Waals surface area contributed by atoms with Crippen LogP contribution in [-0.2, 0) is 28.9 Å². The zero-order valence-electron chi connectivity index (χ0n) is 25.4. The third kappa shape index (κ3) is 8.21. The highest BCUT2D eigenvalue weighted by molar-refractivity contribution is 7.91. The lowest BCUT2D eigenvalue weighted by Gasteiger charge is -2.40. The number of allylic oxidation sites excluding steroid dienone is 1. The lowest BCUT2D eigenvalue weighted by molar-refractivity contribution is -0.143. The van der Waals surface area contributed by atoms with Gasteiger partial charge < -0.3 is 25.0 Å². The van der Waals surface area contributed by atoms with Crippen LogP contribution in [0, 0.1) is 5.92 Å². The van der Waals surface area contributed by atoms with E-state index in [0.29, 0.717) is 48.3 Å².